The SMILES string of the molecule is O=C(CCOCCOCCOCCOCCOCCOCCOCCOCCOCCOCCOCCOCCNC(=O)OC1CC/C=C/CCC1)ON1C(=O)CCC1=O. The highest BCUT2D eigenvalue weighted by molar-refractivity contribution is 6.01. The maximum Gasteiger partial charge on any atom is 0.407 e. The minimum absolute atomic E-state index is 0.0171. The second-order valence-electron chi connectivity index (χ2n) is 13.1. The van der Waals surface area contributed by atoms with Gasteiger partial charge in [-0.05, 0) is 32.1 Å². The lowest BCUT2D eigenvalue weighted by molar-refractivity contribution is -0.198. The van der Waals surface area contributed by atoms with Gasteiger partial charge in [0.25, 0.3) is 11.8 Å². The first-order valence-corrected chi connectivity index (χ1v) is 21.1. The summed E-state index contributed by atoms with van der Waals surface area (Å²) >= 11 is 0. The third kappa shape index (κ3) is 32.9. The van der Waals surface area contributed by atoms with Gasteiger partial charge in [0.05, 0.1) is 165 Å². The molecule has 1 fully saturated rings. The first kappa shape index (κ1) is 53.3. The fourth-order valence-corrected chi connectivity index (χ4v) is 5.14. The lowest BCUT2D eigenvalue weighted by atomic mass is 10.0. The van der Waals surface area contributed by atoms with E-state index in [-0.39, 0.29) is 44.7 Å². The second-order valence-corrected chi connectivity index (χ2v) is 13.1. The number of alkyl carbamates (subject to hydrolysis) is 1. The molecule has 2 rings (SSSR count). The van der Waals surface area contributed by atoms with Gasteiger partial charge in [-0.1, -0.05) is 12.2 Å². The molecule has 0 aromatic carbocycles. The van der Waals surface area contributed by atoms with Crippen LogP contribution in [0.3, 0.4) is 0 Å². The van der Waals surface area contributed by atoms with Gasteiger partial charge in [-0.3, -0.25) is 9.59 Å². The lowest BCUT2D eigenvalue weighted by Gasteiger charge is -2.18. The van der Waals surface area contributed by atoms with E-state index < -0.39 is 17.8 Å². The maximum atomic E-state index is 11.9. The fraction of sp³-hybridized carbons (Fsp3) is 0.850. The zero-order valence-electron chi connectivity index (χ0n) is 35.4. The number of rotatable bonds is 41. The summed E-state index contributed by atoms with van der Waals surface area (Å²) in [7, 11) is 0. The van der Waals surface area contributed by atoms with Crippen LogP contribution in [-0.4, -0.2) is 200 Å². The molecule has 0 radical (unpaired) electrons. The number of hydrogen-bond acceptors (Lipinski definition) is 18. The van der Waals surface area contributed by atoms with Crippen molar-refractivity contribution >= 4 is 23.9 Å². The van der Waals surface area contributed by atoms with Crippen LogP contribution in [0.4, 0.5) is 4.79 Å². The van der Waals surface area contributed by atoms with Gasteiger partial charge < -0.3 is 71.7 Å². The Labute approximate surface area is 354 Å². The van der Waals surface area contributed by atoms with Crippen LogP contribution in [0.15, 0.2) is 12.2 Å². The van der Waals surface area contributed by atoms with Crippen molar-refractivity contribution in [2.75, 3.05) is 165 Å². The standard InChI is InChI=1S/C40H70N2O18/c43-37-8-9-38(44)42(37)60-39(45)10-12-47-14-16-49-18-20-51-22-24-53-26-28-55-30-32-57-34-35-58-33-31-56-29-27-54-25-23-52-21-19-50-17-15-48-13-11-41-40(46)59-36-6-4-2-1-3-5-7-36/h1-2,36H,3-35H2,(H,41,46)/b2-1+. The topological polar surface area (TPSA) is 213 Å². The van der Waals surface area contributed by atoms with Crippen molar-refractivity contribution in [3.05, 3.63) is 12.2 Å². The molecule has 3 amide bonds. The molecule has 2 aliphatic rings. The van der Waals surface area contributed by atoms with E-state index in [1.54, 1.807) is 0 Å². The molecule has 1 saturated heterocycles. The van der Waals surface area contributed by atoms with Crippen LogP contribution >= 0.6 is 0 Å². The molecule has 1 aliphatic carbocycles. The van der Waals surface area contributed by atoms with Gasteiger partial charge in [-0.25, -0.2) is 9.59 Å². The molecule has 0 bridgehead atoms. The Morgan fingerprint density at radius 3 is 1.23 bits per heavy atom. The van der Waals surface area contributed by atoms with Crippen LogP contribution in [0.2, 0.25) is 0 Å². The summed E-state index contributed by atoms with van der Waals surface area (Å²) in [5, 5.41) is 3.25. The zero-order valence-corrected chi connectivity index (χ0v) is 35.4. The molecule has 1 aliphatic heterocycles. The van der Waals surface area contributed by atoms with Crippen LogP contribution in [-0.2, 0) is 80.8 Å². The van der Waals surface area contributed by atoms with Gasteiger partial charge in [0.1, 0.15) is 6.10 Å². The highest BCUT2D eigenvalue weighted by atomic mass is 16.7. The minimum atomic E-state index is -0.703. The summed E-state index contributed by atoms with van der Waals surface area (Å²) in [5.74, 6) is -1.73. The van der Waals surface area contributed by atoms with E-state index in [2.05, 4.69) is 17.5 Å². The van der Waals surface area contributed by atoms with Gasteiger partial charge >= 0.3 is 12.1 Å². The number of carbonyl (C=O) groups excluding carboxylic acids is 4. The summed E-state index contributed by atoms with van der Waals surface area (Å²) in [4.78, 5) is 51.2. The van der Waals surface area contributed by atoms with E-state index in [1.165, 1.54) is 0 Å². The number of carbonyl (C=O) groups is 4. The van der Waals surface area contributed by atoms with E-state index in [0.29, 0.717) is 157 Å². The molecule has 0 saturated carbocycles. The molecule has 1 unspecified atom stereocenters. The average molecular weight is 867 g/mol. The van der Waals surface area contributed by atoms with Crippen molar-refractivity contribution in [1.82, 2.24) is 10.4 Å². The fourth-order valence-electron chi connectivity index (χ4n) is 5.14. The molecule has 20 nitrogen and oxygen atoms in total. The number of ether oxygens (including phenoxy) is 13. The van der Waals surface area contributed by atoms with Crippen molar-refractivity contribution in [1.29, 1.82) is 0 Å². The number of nitrogens with one attached hydrogen (secondary N) is 1. The number of amides is 3. The summed E-state index contributed by atoms with van der Waals surface area (Å²) in [5.41, 5.74) is 0. The Kier molecular flexibility index (Phi) is 35.7. The highest BCUT2D eigenvalue weighted by Gasteiger charge is 2.32. The molecule has 0 spiro atoms. The van der Waals surface area contributed by atoms with E-state index in [4.69, 9.17) is 66.4 Å². The van der Waals surface area contributed by atoms with Gasteiger partial charge in [0.15, 0.2) is 0 Å². The Balaban J connectivity index is 1.14. The third-order valence-electron chi connectivity index (χ3n) is 8.25. The van der Waals surface area contributed by atoms with Crippen LogP contribution < -0.4 is 5.32 Å². The van der Waals surface area contributed by atoms with Gasteiger partial charge in [-0.15, -0.1) is 5.06 Å². The second kappa shape index (κ2) is 40.2. The van der Waals surface area contributed by atoms with Crippen molar-refractivity contribution in [2.24, 2.45) is 0 Å². The molecule has 1 atom stereocenters. The highest BCUT2D eigenvalue weighted by Crippen LogP contribution is 2.15. The first-order valence-electron chi connectivity index (χ1n) is 21.1. The summed E-state index contributed by atoms with van der Waals surface area (Å²) in [6, 6.07) is 0. The molecule has 348 valence electrons. The van der Waals surface area contributed by atoms with Gasteiger partial charge in [0, 0.05) is 19.4 Å². The Morgan fingerprint density at radius 2 is 0.833 bits per heavy atom. The van der Waals surface area contributed by atoms with E-state index in [0.717, 1.165) is 32.1 Å². The smallest absolute Gasteiger partial charge is 0.407 e. The number of hydroxylamine groups is 2. The molecule has 1 heterocycles. The van der Waals surface area contributed by atoms with Crippen LogP contribution in [0.25, 0.3) is 0 Å². The van der Waals surface area contributed by atoms with E-state index in [9.17, 15) is 19.2 Å². The monoisotopic (exact) mass is 866 g/mol. The van der Waals surface area contributed by atoms with Gasteiger partial charge in [0.2, 0.25) is 0 Å². The molecular formula is C40H70N2O18. The summed E-state index contributed by atoms with van der Waals surface area (Å²) in [6.07, 6.45) is 8.77. The molecule has 0 aromatic rings. The molecule has 20 heteroatoms. The minimum Gasteiger partial charge on any atom is -0.446 e. The van der Waals surface area contributed by atoms with Crippen molar-refractivity contribution in [3.63, 3.8) is 0 Å². The third-order valence-corrected chi connectivity index (χ3v) is 8.25. The number of imide groups is 1. The average Bonchev–Trinajstić information content (AvgIpc) is 3.54. The largest absolute Gasteiger partial charge is 0.446 e. The summed E-state index contributed by atoms with van der Waals surface area (Å²) < 4.78 is 70.9. The maximum absolute atomic E-state index is 11.9. The summed E-state index contributed by atoms with van der Waals surface area (Å²) in [6.45, 7) is 10.6. The van der Waals surface area contributed by atoms with Crippen LogP contribution in [0.1, 0.15) is 51.4 Å². The molecule has 0 aromatic heterocycles. The predicted molar refractivity (Wildman–Crippen MR) is 212 cm³/mol. The van der Waals surface area contributed by atoms with E-state index in [1.807, 2.05) is 0 Å². The van der Waals surface area contributed by atoms with E-state index >= 15 is 0 Å². The van der Waals surface area contributed by atoms with Crippen LogP contribution in [0, 0.1) is 0 Å². The van der Waals surface area contributed by atoms with Gasteiger partial charge in [-0.2, -0.15) is 0 Å². The first-order chi connectivity index (χ1) is 29.6. The zero-order chi connectivity index (χ0) is 42.8. The Hall–Kier alpha value is -2.86. The molecule has 60 heavy (non-hydrogen) atoms. The van der Waals surface area contributed by atoms with Crippen molar-refractivity contribution in [3.8, 4) is 0 Å². The van der Waals surface area contributed by atoms with Crippen molar-refractivity contribution < 1.29 is 85.6 Å². The number of nitrogens with zero attached hydrogens (tertiary/aromatic N) is 1. The Morgan fingerprint density at radius 1 is 0.483 bits per heavy atom. The number of hydrogen-bond donors (Lipinski definition) is 1. The normalized spacial score (nSPS) is 16.2. The molecule has 1 N–H and O–H groups in total. The van der Waals surface area contributed by atoms with Crippen LogP contribution in [0.5, 0.6) is 0 Å². The van der Waals surface area contributed by atoms with Crippen molar-refractivity contribution in [2.45, 2.75) is 57.5 Å². The Bertz CT molecular complexity index is 1090. The predicted octanol–water partition coefficient (Wildman–Crippen LogP) is 1.80. The quantitative estimate of drug-likeness (QED) is 0.0527. The molecular weight excluding hydrogens is 796 g/mol. The number of allylic oxidation sites excluding steroid dienone is 2. The lowest BCUT2D eigenvalue weighted by Crippen LogP contribution is -2.32.